The molecule has 1 amide bonds. The number of alkyl halides is 6. The molecule has 2 aromatic carbocycles. The largest absolute Gasteiger partial charge is 0.416 e. The van der Waals surface area contributed by atoms with Crippen LogP contribution in [0.15, 0.2) is 42.6 Å². The molecule has 0 saturated heterocycles. The Morgan fingerprint density at radius 2 is 1.76 bits per heavy atom. The number of nitrogens with two attached hydrogens (primary N) is 1. The van der Waals surface area contributed by atoms with Crippen LogP contribution in [0.25, 0.3) is 22.2 Å². The quantitative estimate of drug-likeness (QED) is 0.191. The van der Waals surface area contributed by atoms with Crippen LogP contribution in [0.3, 0.4) is 0 Å². The number of carbonyl (C=O) groups excluding carboxylic acids is 1. The van der Waals surface area contributed by atoms with E-state index in [1.165, 1.54) is 4.68 Å². The lowest BCUT2D eigenvalue weighted by molar-refractivity contribution is -0.142. The molecule has 4 N–H and O–H groups in total. The van der Waals surface area contributed by atoms with E-state index in [1.54, 1.807) is 19.3 Å². The van der Waals surface area contributed by atoms with Gasteiger partial charge in [0.15, 0.2) is 5.82 Å². The van der Waals surface area contributed by atoms with E-state index >= 15 is 0 Å². The lowest BCUT2D eigenvalue weighted by atomic mass is 9.82. The molecule has 0 atom stereocenters. The van der Waals surface area contributed by atoms with Crippen LogP contribution < -0.4 is 16.4 Å². The minimum Gasteiger partial charge on any atom is -0.351 e. The maximum atomic E-state index is 13.5. The van der Waals surface area contributed by atoms with E-state index in [9.17, 15) is 31.1 Å². The molecule has 45 heavy (non-hydrogen) atoms. The van der Waals surface area contributed by atoms with E-state index in [-0.39, 0.29) is 17.4 Å². The minimum atomic E-state index is -4.94. The number of nitrogens with one attached hydrogen (secondary N) is 2. The number of aryl methyl sites for hydroxylation is 2. The van der Waals surface area contributed by atoms with E-state index < -0.39 is 41.4 Å². The summed E-state index contributed by atoms with van der Waals surface area (Å²) in [5.41, 5.74) is 5.79. The van der Waals surface area contributed by atoms with Gasteiger partial charge in [-0.25, -0.2) is 9.97 Å². The van der Waals surface area contributed by atoms with Gasteiger partial charge in [0.2, 0.25) is 11.9 Å². The van der Waals surface area contributed by atoms with E-state index in [0.29, 0.717) is 36.3 Å². The van der Waals surface area contributed by atoms with Crippen molar-refractivity contribution in [3.05, 3.63) is 64.8 Å². The Kier molecular flexibility index (Phi) is 8.55. The van der Waals surface area contributed by atoms with E-state index in [2.05, 4.69) is 27.6 Å². The van der Waals surface area contributed by atoms with Crippen molar-refractivity contribution >= 4 is 28.6 Å². The fraction of sp³-hybridized carbons (Fsp3) is 0.419. The highest BCUT2D eigenvalue weighted by Gasteiger charge is 2.37. The van der Waals surface area contributed by atoms with Crippen molar-refractivity contribution < 1.29 is 31.1 Å². The number of rotatable bonds is 7. The van der Waals surface area contributed by atoms with Crippen molar-refractivity contribution in [1.82, 2.24) is 19.7 Å². The van der Waals surface area contributed by atoms with Gasteiger partial charge in [0.05, 0.1) is 28.8 Å². The number of anilines is 2. The third-order valence-corrected chi connectivity index (χ3v) is 8.14. The summed E-state index contributed by atoms with van der Waals surface area (Å²) in [5, 5.41) is 10.9. The van der Waals surface area contributed by atoms with Gasteiger partial charge in [-0.15, -0.1) is 0 Å². The summed E-state index contributed by atoms with van der Waals surface area (Å²) >= 11 is 0. The Bertz CT molecular complexity index is 1720. The second-order valence-electron chi connectivity index (χ2n) is 11.8. The topological polar surface area (TPSA) is 111 Å². The molecular weight excluding hydrogens is 600 g/mol. The average molecular weight is 634 g/mol. The maximum Gasteiger partial charge on any atom is 0.416 e. The Morgan fingerprint density at radius 1 is 1.04 bits per heavy atom. The van der Waals surface area contributed by atoms with Gasteiger partial charge >= 0.3 is 12.4 Å². The summed E-state index contributed by atoms with van der Waals surface area (Å²) < 4.78 is 81.4. The molecule has 0 spiro atoms. The fourth-order valence-corrected chi connectivity index (χ4v) is 5.66. The molecule has 2 heterocycles. The molecule has 4 aromatic rings. The first-order valence-corrected chi connectivity index (χ1v) is 14.5. The predicted octanol–water partition coefficient (Wildman–Crippen LogP) is 6.88. The highest BCUT2D eigenvalue weighted by molar-refractivity contribution is 5.93. The molecule has 5 rings (SSSR count). The number of aromatic nitrogens is 4. The number of carbonyl (C=O) groups is 1. The number of halogens is 6. The van der Waals surface area contributed by atoms with Crippen molar-refractivity contribution in [2.75, 3.05) is 10.6 Å². The SMILES string of the molecule is CCc1cc(-c2cc(NC(=O)Cc3cc(C(F)(F)F)ccc3C(F)(F)F)nn2C)cc2cnc(N[C@H]3CC[C@@](C)(N)CC3)nc12. The summed E-state index contributed by atoms with van der Waals surface area (Å²) in [6.45, 7) is 4.06. The normalized spacial score (nSPS) is 19.1. The van der Waals surface area contributed by atoms with Crippen LogP contribution in [-0.2, 0) is 37.0 Å². The molecule has 1 aliphatic rings. The third-order valence-electron chi connectivity index (χ3n) is 8.14. The van der Waals surface area contributed by atoms with Crippen LogP contribution in [0.1, 0.15) is 61.8 Å². The number of nitrogens with zero attached hydrogens (tertiary/aromatic N) is 4. The first-order chi connectivity index (χ1) is 21.0. The van der Waals surface area contributed by atoms with Crippen molar-refractivity contribution in [2.45, 2.75) is 76.3 Å². The van der Waals surface area contributed by atoms with Crippen LogP contribution >= 0.6 is 0 Å². The molecule has 0 radical (unpaired) electrons. The zero-order valence-electron chi connectivity index (χ0n) is 24.9. The van der Waals surface area contributed by atoms with Gasteiger partial charge in [-0.2, -0.15) is 31.4 Å². The van der Waals surface area contributed by atoms with Crippen molar-refractivity contribution in [2.24, 2.45) is 12.8 Å². The van der Waals surface area contributed by atoms with Gasteiger partial charge in [0.1, 0.15) is 0 Å². The molecule has 1 saturated carbocycles. The molecule has 0 unspecified atom stereocenters. The van der Waals surface area contributed by atoms with Gasteiger partial charge in [-0.3, -0.25) is 9.48 Å². The first-order valence-electron chi connectivity index (χ1n) is 14.5. The zero-order chi connectivity index (χ0) is 32.7. The number of amides is 1. The number of hydrogen-bond donors (Lipinski definition) is 3. The number of fused-ring (bicyclic) bond motifs is 1. The van der Waals surface area contributed by atoms with Gasteiger partial charge in [0.25, 0.3) is 0 Å². The Morgan fingerprint density at radius 3 is 2.40 bits per heavy atom. The van der Waals surface area contributed by atoms with Crippen LogP contribution in [0.2, 0.25) is 0 Å². The molecule has 1 aliphatic carbocycles. The molecule has 0 bridgehead atoms. The minimum absolute atomic E-state index is 0.0352. The smallest absolute Gasteiger partial charge is 0.351 e. The van der Waals surface area contributed by atoms with Crippen molar-refractivity contribution in [3.8, 4) is 11.3 Å². The lowest BCUT2D eigenvalue weighted by Gasteiger charge is -2.34. The highest BCUT2D eigenvalue weighted by Crippen LogP contribution is 2.37. The summed E-state index contributed by atoms with van der Waals surface area (Å²) in [6, 6.07) is 6.63. The molecular formula is C31H33F6N7O. The predicted molar refractivity (Wildman–Crippen MR) is 158 cm³/mol. The second kappa shape index (κ2) is 12.0. The van der Waals surface area contributed by atoms with Gasteiger partial charge < -0.3 is 16.4 Å². The van der Waals surface area contributed by atoms with E-state index in [0.717, 1.165) is 47.7 Å². The monoisotopic (exact) mass is 633 g/mol. The molecule has 14 heteroatoms. The number of hydrogen-bond acceptors (Lipinski definition) is 6. The Balaban J connectivity index is 1.36. The van der Waals surface area contributed by atoms with E-state index in [1.807, 2.05) is 19.1 Å². The van der Waals surface area contributed by atoms with Crippen LogP contribution in [0, 0.1) is 0 Å². The summed E-state index contributed by atoms with van der Waals surface area (Å²) in [7, 11) is 1.63. The van der Waals surface area contributed by atoms with Gasteiger partial charge in [-0.1, -0.05) is 6.92 Å². The van der Waals surface area contributed by atoms with Gasteiger partial charge in [0, 0.05) is 41.8 Å². The van der Waals surface area contributed by atoms with Crippen LogP contribution in [0.5, 0.6) is 0 Å². The molecule has 8 nitrogen and oxygen atoms in total. The maximum absolute atomic E-state index is 13.5. The van der Waals surface area contributed by atoms with E-state index in [4.69, 9.17) is 10.7 Å². The standard InChI is InChI=1S/C31H33F6N7O/c1-4-17-11-19(12-20-16-39-28(42-27(17)20)40-22-7-9-29(2,38)10-8-22)24-15-25(43-44(24)3)41-26(45)14-18-13-21(30(32,33)34)5-6-23(18)31(35,36)37/h5-6,11-13,15-16,22H,4,7-10,14,38H2,1-3H3,(H,39,40,42)(H,41,43,45)/t22-,29+. The van der Waals surface area contributed by atoms with Crippen molar-refractivity contribution in [1.29, 1.82) is 0 Å². The average Bonchev–Trinajstić information content (AvgIpc) is 3.31. The summed E-state index contributed by atoms with van der Waals surface area (Å²) in [5.74, 6) is -0.372. The summed E-state index contributed by atoms with van der Waals surface area (Å²) in [6.07, 6.45) is -4.66. The van der Waals surface area contributed by atoms with Crippen LogP contribution in [0.4, 0.5) is 38.1 Å². The highest BCUT2D eigenvalue weighted by atomic mass is 19.4. The molecule has 1 fully saturated rings. The lowest BCUT2D eigenvalue weighted by Crippen LogP contribution is -2.43. The van der Waals surface area contributed by atoms with Crippen molar-refractivity contribution in [3.63, 3.8) is 0 Å². The molecule has 240 valence electrons. The molecule has 0 aliphatic heterocycles. The van der Waals surface area contributed by atoms with Crippen LogP contribution in [-0.4, -0.2) is 37.2 Å². The third kappa shape index (κ3) is 7.38. The fourth-order valence-electron chi connectivity index (χ4n) is 5.66. The van der Waals surface area contributed by atoms with Gasteiger partial charge in [-0.05, 0) is 80.5 Å². The second-order valence-corrected chi connectivity index (χ2v) is 11.8. The first kappa shape index (κ1) is 32.2. The Labute approximate surface area is 255 Å². The summed E-state index contributed by atoms with van der Waals surface area (Å²) in [4.78, 5) is 22.0. The Hall–Kier alpha value is -4.20. The number of benzene rings is 2. The molecule has 2 aromatic heterocycles. The zero-order valence-corrected chi connectivity index (χ0v) is 24.9.